The Bertz CT molecular complexity index is 998. The van der Waals surface area contributed by atoms with Crippen molar-refractivity contribution >= 4 is 28.6 Å². The van der Waals surface area contributed by atoms with E-state index in [9.17, 15) is 14.0 Å². The van der Waals surface area contributed by atoms with Crippen molar-refractivity contribution in [1.82, 2.24) is 4.98 Å². The van der Waals surface area contributed by atoms with Crippen LogP contribution in [0.15, 0.2) is 46.9 Å². The molecule has 1 aliphatic rings. The third kappa shape index (κ3) is 2.73. The van der Waals surface area contributed by atoms with Crippen molar-refractivity contribution in [1.29, 1.82) is 0 Å². The highest BCUT2D eigenvalue weighted by molar-refractivity contribution is 6.01. The number of fused-ring (bicyclic) bond motifs is 1. The van der Waals surface area contributed by atoms with E-state index >= 15 is 0 Å². The van der Waals surface area contributed by atoms with Crippen LogP contribution < -0.4 is 10.6 Å². The molecule has 0 unspecified atom stereocenters. The highest BCUT2D eigenvalue weighted by atomic mass is 19.1. The number of oxazole rings is 1. The molecule has 1 saturated heterocycles. The number of carbonyl (C=O) groups is 2. The Morgan fingerprint density at radius 1 is 1.28 bits per heavy atom. The van der Waals surface area contributed by atoms with Gasteiger partial charge in [0.05, 0.1) is 5.92 Å². The Morgan fingerprint density at radius 3 is 2.84 bits per heavy atom. The van der Waals surface area contributed by atoms with Gasteiger partial charge in [-0.1, -0.05) is 6.07 Å². The first kappa shape index (κ1) is 15.3. The molecule has 1 fully saturated rings. The highest BCUT2D eigenvalue weighted by Crippen LogP contribution is 2.30. The molecule has 1 atom stereocenters. The van der Waals surface area contributed by atoms with Gasteiger partial charge >= 0.3 is 0 Å². The molecule has 0 spiro atoms. The third-order valence-electron chi connectivity index (χ3n) is 4.28. The number of nitrogens with two attached hydrogens (primary N) is 1. The normalized spacial score (nSPS) is 17.4. The van der Waals surface area contributed by atoms with Crippen LogP contribution in [-0.4, -0.2) is 23.3 Å². The summed E-state index contributed by atoms with van der Waals surface area (Å²) in [4.78, 5) is 29.3. The Hall–Kier alpha value is -3.22. The first-order chi connectivity index (χ1) is 12.0. The van der Waals surface area contributed by atoms with Gasteiger partial charge in [-0.05, 0) is 36.4 Å². The predicted octanol–water partition coefficient (Wildman–Crippen LogP) is 2.47. The molecule has 1 aliphatic heterocycles. The first-order valence-electron chi connectivity index (χ1n) is 7.77. The largest absolute Gasteiger partial charge is 0.436 e. The summed E-state index contributed by atoms with van der Waals surface area (Å²) < 4.78 is 19.0. The highest BCUT2D eigenvalue weighted by Gasteiger charge is 2.34. The molecule has 0 bridgehead atoms. The minimum atomic E-state index is -0.483. The molecular weight excluding hydrogens is 325 g/mol. The number of primary amides is 1. The minimum absolute atomic E-state index is 0.112. The molecule has 4 rings (SSSR count). The van der Waals surface area contributed by atoms with Gasteiger partial charge in [-0.25, -0.2) is 9.37 Å². The first-order valence-corrected chi connectivity index (χ1v) is 7.77. The zero-order valence-corrected chi connectivity index (χ0v) is 13.1. The van der Waals surface area contributed by atoms with Crippen LogP contribution in [-0.2, 0) is 9.59 Å². The molecule has 2 aromatic carbocycles. The number of anilines is 1. The van der Waals surface area contributed by atoms with Crippen molar-refractivity contribution in [3.05, 3.63) is 48.3 Å². The Morgan fingerprint density at radius 2 is 2.12 bits per heavy atom. The number of benzene rings is 2. The molecule has 126 valence electrons. The van der Waals surface area contributed by atoms with Gasteiger partial charge in [0.25, 0.3) is 0 Å². The lowest BCUT2D eigenvalue weighted by atomic mass is 10.1. The summed E-state index contributed by atoms with van der Waals surface area (Å²) in [5, 5.41) is 0. The van der Waals surface area contributed by atoms with Crippen LogP contribution in [0.1, 0.15) is 6.42 Å². The predicted molar refractivity (Wildman–Crippen MR) is 89.1 cm³/mol. The van der Waals surface area contributed by atoms with Gasteiger partial charge < -0.3 is 15.1 Å². The number of carbonyl (C=O) groups excluding carboxylic acids is 2. The average molecular weight is 339 g/mol. The Kier molecular flexibility index (Phi) is 3.49. The number of nitrogens with zero attached hydrogens (tertiary/aromatic N) is 2. The number of halogens is 1. The summed E-state index contributed by atoms with van der Waals surface area (Å²) in [6.45, 7) is 0.258. The van der Waals surface area contributed by atoms with Crippen molar-refractivity contribution in [2.75, 3.05) is 11.4 Å². The van der Waals surface area contributed by atoms with Crippen molar-refractivity contribution in [2.24, 2.45) is 11.7 Å². The molecule has 2 heterocycles. The summed E-state index contributed by atoms with van der Waals surface area (Å²) in [5.74, 6) is -1.19. The standard InChI is InChI=1S/C18H14FN3O3/c19-12-3-1-2-10(6-12)18-21-14-8-13(4-5-15(14)25-18)22-9-11(17(20)24)7-16(22)23/h1-6,8,11H,7,9H2,(H2,20,24)/t11-/m0/s1. The second-order valence-electron chi connectivity index (χ2n) is 5.99. The second kappa shape index (κ2) is 5.70. The molecule has 25 heavy (non-hydrogen) atoms. The maximum absolute atomic E-state index is 13.4. The lowest BCUT2D eigenvalue weighted by Crippen LogP contribution is -2.28. The van der Waals surface area contributed by atoms with Crippen molar-refractivity contribution in [3.8, 4) is 11.5 Å². The van der Waals surface area contributed by atoms with Gasteiger partial charge in [0.1, 0.15) is 11.3 Å². The Balaban J connectivity index is 1.69. The summed E-state index contributed by atoms with van der Waals surface area (Å²) in [7, 11) is 0. The fourth-order valence-electron chi connectivity index (χ4n) is 2.98. The molecule has 6 nitrogen and oxygen atoms in total. The van der Waals surface area contributed by atoms with Crippen LogP contribution in [0.2, 0.25) is 0 Å². The zero-order chi connectivity index (χ0) is 17.6. The van der Waals surface area contributed by atoms with Crippen molar-refractivity contribution < 1.29 is 18.4 Å². The fourth-order valence-corrected chi connectivity index (χ4v) is 2.98. The smallest absolute Gasteiger partial charge is 0.227 e. The van der Waals surface area contributed by atoms with Gasteiger partial charge in [-0.3, -0.25) is 9.59 Å². The number of aromatic nitrogens is 1. The van der Waals surface area contributed by atoms with E-state index in [0.717, 1.165) is 0 Å². The third-order valence-corrected chi connectivity index (χ3v) is 4.28. The minimum Gasteiger partial charge on any atom is -0.436 e. The molecule has 7 heteroatoms. The molecule has 0 radical (unpaired) electrons. The Labute approximate surface area is 142 Å². The van der Waals surface area contributed by atoms with Crippen LogP contribution in [0.25, 0.3) is 22.6 Å². The van der Waals surface area contributed by atoms with E-state index in [1.54, 1.807) is 30.3 Å². The van der Waals surface area contributed by atoms with E-state index in [1.165, 1.54) is 17.0 Å². The van der Waals surface area contributed by atoms with Crippen LogP contribution >= 0.6 is 0 Å². The molecular formula is C18H14FN3O3. The lowest BCUT2D eigenvalue weighted by molar-refractivity contribution is -0.123. The SMILES string of the molecule is NC(=O)[C@H]1CC(=O)N(c2ccc3oc(-c4cccc(F)c4)nc3c2)C1. The van der Waals surface area contributed by atoms with Crippen LogP contribution in [0.3, 0.4) is 0 Å². The van der Waals surface area contributed by atoms with E-state index in [-0.39, 0.29) is 24.7 Å². The maximum atomic E-state index is 13.4. The van der Waals surface area contributed by atoms with E-state index < -0.39 is 11.8 Å². The van der Waals surface area contributed by atoms with Gasteiger partial charge in [0.15, 0.2) is 5.58 Å². The molecule has 2 amide bonds. The van der Waals surface area contributed by atoms with Crippen LogP contribution in [0, 0.1) is 11.7 Å². The number of hydrogen-bond donors (Lipinski definition) is 1. The van der Waals surface area contributed by atoms with Crippen LogP contribution in [0.5, 0.6) is 0 Å². The number of hydrogen-bond acceptors (Lipinski definition) is 4. The van der Waals surface area contributed by atoms with E-state index in [4.69, 9.17) is 10.2 Å². The van der Waals surface area contributed by atoms with Crippen LogP contribution in [0.4, 0.5) is 10.1 Å². The molecule has 0 saturated carbocycles. The topological polar surface area (TPSA) is 89.4 Å². The number of amides is 2. The summed E-state index contributed by atoms with van der Waals surface area (Å²) in [6.07, 6.45) is 0.112. The van der Waals surface area contributed by atoms with Gasteiger partial charge in [0, 0.05) is 24.2 Å². The number of rotatable bonds is 3. The quantitative estimate of drug-likeness (QED) is 0.794. The molecule has 0 aliphatic carbocycles. The fraction of sp³-hybridized carbons (Fsp3) is 0.167. The van der Waals surface area contributed by atoms with E-state index in [1.807, 2.05) is 0 Å². The molecule has 3 aromatic rings. The van der Waals surface area contributed by atoms with Crippen molar-refractivity contribution in [3.63, 3.8) is 0 Å². The molecule has 1 aromatic heterocycles. The summed E-state index contributed by atoms with van der Waals surface area (Å²) in [5.41, 5.74) is 7.53. The van der Waals surface area contributed by atoms with Crippen molar-refractivity contribution in [2.45, 2.75) is 6.42 Å². The zero-order valence-electron chi connectivity index (χ0n) is 13.1. The van der Waals surface area contributed by atoms with Gasteiger partial charge in [-0.2, -0.15) is 0 Å². The lowest BCUT2D eigenvalue weighted by Gasteiger charge is -2.15. The average Bonchev–Trinajstić information content (AvgIpc) is 3.17. The molecule has 2 N–H and O–H groups in total. The summed E-state index contributed by atoms with van der Waals surface area (Å²) in [6, 6.07) is 11.1. The van der Waals surface area contributed by atoms with Gasteiger partial charge in [-0.15, -0.1) is 0 Å². The second-order valence-corrected chi connectivity index (χ2v) is 5.99. The van der Waals surface area contributed by atoms with E-state index in [0.29, 0.717) is 28.2 Å². The van der Waals surface area contributed by atoms with Gasteiger partial charge in [0.2, 0.25) is 17.7 Å². The maximum Gasteiger partial charge on any atom is 0.227 e. The summed E-state index contributed by atoms with van der Waals surface area (Å²) >= 11 is 0. The van der Waals surface area contributed by atoms with E-state index in [2.05, 4.69) is 4.98 Å². The monoisotopic (exact) mass is 339 g/mol.